The van der Waals surface area contributed by atoms with Crippen molar-refractivity contribution < 1.29 is 4.74 Å². The molecule has 1 aromatic heterocycles. The van der Waals surface area contributed by atoms with E-state index in [9.17, 15) is 4.79 Å². The van der Waals surface area contributed by atoms with E-state index < -0.39 is 0 Å². The van der Waals surface area contributed by atoms with Crippen molar-refractivity contribution in [2.45, 2.75) is 12.1 Å². The number of rotatable bonds is 4. The number of nitrogens with zero attached hydrogens (tertiary/aromatic N) is 2. The van der Waals surface area contributed by atoms with Crippen LogP contribution in [0, 0.1) is 0 Å². The number of aromatic nitrogens is 3. The highest BCUT2D eigenvalue weighted by molar-refractivity contribution is 7.98. The fraction of sp³-hybridized carbons (Fsp3) is 0.250. The normalized spacial score (nSPS) is 10.3. The molecule has 0 fully saturated rings. The molecule has 0 saturated heterocycles. The van der Waals surface area contributed by atoms with E-state index in [2.05, 4.69) is 15.2 Å². The fourth-order valence-electron chi connectivity index (χ4n) is 1.48. The third kappa shape index (κ3) is 2.70. The molecule has 6 heteroatoms. The highest BCUT2D eigenvalue weighted by Crippen LogP contribution is 2.18. The second-order valence-electron chi connectivity index (χ2n) is 3.47. The van der Waals surface area contributed by atoms with Crippen molar-refractivity contribution in [3.8, 4) is 17.0 Å². The molecule has 1 heterocycles. The monoisotopic (exact) mass is 263 g/mol. The Hall–Kier alpha value is -1.82. The van der Waals surface area contributed by atoms with Gasteiger partial charge in [0, 0.05) is 5.56 Å². The van der Waals surface area contributed by atoms with E-state index in [0.717, 1.165) is 11.3 Å². The molecule has 1 aromatic carbocycles. The summed E-state index contributed by atoms with van der Waals surface area (Å²) in [6.07, 6.45) is 1.83. The molecule has 0 spiro atoms. The van der Waals surface area contributed by atoms with Gasteiger partial charge in [0.2, 0.25) is 0 Å². The van der Waals surface area contributed by atoms with Gasteiger partial charge in [-0.15, -0.1) is 10.2 Å². The Morgan fingerprint density at radius 3 is 2.56 bits per heavy atom. The van der Waals surface area contributed by atoms with Gasteiger partial charge in [0.05, 0.1) is 6.61 Å². The topological polar surface area (TPSA) is 67.9 Å². The SMILES string of the molecule is CCOc1ccc(-c2nnc(SC)[nH]c2=O)cc1. The number of ether oxygens (including phenoxy) is 1. The Morgan fingerprint density at radius 2 is 2.00 bits per heavy atom. The van der Waals surface area contributed by atoms with Gasteiger partial charge < -0.3 is 4.74 Å². The van der Waals surface area contributed by atoms with Crippen molar-refractivity contribution in [3.63, 3.8) is 0 Å². The maximum Gasteiger partial charge on any atom is 0.278 e. The van der Waals surface area contributed by atoms with Gasteiger partial charge in [-0.2, -0.15) is 0 Å². The molecule has 0 amide bonds. The number of aromatic amines is 1. The minimum Gasteiger partial charge on any atom is -0.494 e. The van der Waals surface area contributed by atoms with Crippen molar-refractivity contribution in [3.05, 3.63) is 34.6 Å². The molecular weight excluding hydrogens is 250 g/mol. The predicted octanol–water partition coefficient (Wildman–Crippen LogP) is 1.95. The van der Waals surface area contributed by atoms with E-state index in [0.29, 0.717) is 17.5 Å². The second kappa shape index (κ2) is 5.68. The van der Waals surface area contributed by atoms with Crippen molar-refractivity contribution in [1.29, 1.82) is 0 Å². The maximum atomic E-state index is 11.8. The molecule has 18 heavy (non-hydrogen) atoms. The third-order valence-corrected chi connectivity index (χ3v) is 2.88. The van der Waals surface area contributed by atoms with E-state index in [1.807, 2.05) is 25.3 Å². The second-order valence-corrected chi connectivity index (χ2v) is 4.26. The van der Waals surface area contributed by atoms with E-state index in [1.54, 1.807) is 12.1 Å². The summed E-state index contributed by atoms with van der Waals surface area (Å²) in [5.74, 6) is 0.770. The summed E-state index contributed by atoms with van der Waals surface area (Å²) in [4.78, 5) is 14.5. The molecule has 0 aliphatic rings. The molecule has 2 aromatic rings. The van der Waals surface area contributed by atoms with Crippen LogP contribution >= 0.6 is 11.8 Å². The number of hydrogen-bond acceptors (Lipinski definition) is 5. The lowest BCUT2D eigenvalue weighted by Gasteiger charge is -2.04. The van der Waals surface area contributed by atoms with E-state index in [-0.39, 0.29) is 5.56 Å². The predicted molar refractivity (Wildman–Crippen MR) is 71.0 cm³/mol. The van der Waals surface area contributed by atoms with Crippen LogP contribution in [0.25, 0.3) is 11.3 Å². The summed E-state index contributed by atoms with van der Waals surface area (Å²) in [6.45, 7) is 2.54. The summed E-state index contributed by atoms with van der Waals surface area (Å²) in [6, 6.07) is 7.21. The highest BCUT2D eigenvalue weighted by atomic mass is 32.2. The number of H-pyrrole nitrogens is 1. The molecule has 2 rings (SSSR count). The van der Waals surface area contributed by atoms with Crippen LogP contribution in [0.1, 0.15) is 6.92 Å². The van der Waals surface area contributed by atoms with Crippen molar-refractivity contribution >= 4 is 11.8 Å². The standard InChI is InChI=1S/C12H13N3O2S/c1-3-17-9-6-4-8(5-7-9)10-11(16)13-12(18-2)15-14-10/h4-7H,3H2,1-2H3,(H,13,15,16). The molecule has 0 saturated carbocycles. The van der Waals surface area contributed by atoms with Gasteiger partial charge in [0.25, 0.3) is 5.56 Å². The first-order valence-corrected chi connectivity index (χ1v) is 6.71. The van der Waals surface area contributed by atoms with Crippen LogP contribution < -0.4 is 10.3 Å². The van der Waals surface area contributed by atoms with Gasteiger partial charge in [0.15, 0.2) is 10.9 Å². The number of benzene rings is 1. The van der Waals surface area contributed by atoms with Gasteiger partial charge in [-0.05, 0) is 37.4 Å². The zero-order valence-corrected chi connectivity index (χ0v) is 11.0. The van der Waals surface area contributed by atoms with Crippen LogP contribution in [0.15, 0.2) is 34.2 Å². The van der Waals surface area contributed by atoms with Crippen LogP contribution in [0.4, 0.5) is 0 Å². The van der Waals surface area contributed by atoms with E-state index in [4.69, 9.17) is 4.74 Å². The molecule has 0 radical (unpaired) electrons. The number of hydrogen-bond donors (Lipinski definition) is 1. The van der Waals surface area contributed by atoms with Crippen LogP contribution in [-0.4, -0.2) is 28.0 Å². The lowest BCUT2D eigenvalue weighted by molar-refractivity contribution is 0.340. The van der Waals surface area contributed by atoms with Crippen molar-refractivity contribution in [2.24, 2.45) is 0 Å². The quantitative estimate of drug-likeness (QED) is 0.854. The minimum absolute atomic E-state index is 0.237. The lowest BCUT2D eigenvalue weighted by Crippen LogP contribution is -2.13. The Kier molecular flexibility index (Phi) is 3.99. The average Bonchev–Trinajstić information content (AvgIpc) is 2.40. The third-order valence-electron chi connectivity index (χ3n) is 2.31. The molecular formula is C12H13N3O2S. The fourth-order valence-corrected chi connectivity index (χ4v) is 1.80. The molecule has 94 valence electrons. The lowest BCUT2D eigenvalue weighted by atomic mass is 10.1. The van der Waals surface area contributed by atoms with E-state index in [1.165, 1.54) is 11.8 Å². The summed E-state index contributed by atoms with van der Waals surface area (Å²) < 4.78 is 5.34. The van der Waals surface area contributed by atoms with Gasteiger partial charge in [-0.3, -0.25) is 9.78 Å². The maximum absolute atomic E-state index is 11.8. The van der Waals surface area contributed by atoms with Gasteiger partial charge in [0.1, 0.15) is 5.75 Å². The molecule has 0 aliphatic carbocycles. The number of thioether (sulfide) groups is 1. The Bertz CT molecular complexity index is 581. The van der Waals surface area contributed by atoms with Crippen LogP contribution in [0.5, 0.6) is 5.75 Å². The Morgan fingerprint density at radius 1 is 1.28 bits per heavy atom. The van der Waals surface area contributed by atoms with Crippen LogP contribution in [-0.2, 0) is 0 Å². The molecule has 0 atom stereocenters. The zero-order chi connectivity index (χ0) is 13.0. The largest absolute Gasteiger partial charge is 0.494 e. The smallest absolute Gasteiger partial charge is 0.278 e. The average molecular weight is 263 g/mol. The van der Waals surface area contributed by atoms with Crippen LogP contribution in [0.3, 0.4) is 0 Å². The van der Waals surface area contributed by atoms with Gasteiger partial charge in [-0.1, -0.05) is 11.8 Å². The molecule has 0 aliphatic heterocycles. The number of nitrogens with one attached hydrogen (secondary N) is 1. The first kappa shape index (κ1) is 12.6. The minimum atomic E-state index is -0.237. The Labute approximate surface area is 109 Å². The molecule has 0 bridgehead atoms. The van der Waals surface area contributed by atoms with Crippen LogP contribution in [0.2, 0.25) is 0 Å². The summed E-state index contributed by atoms with van der Waals surface area (Å²) in [7, 11) is 0. The molecule has 5 nitrogen and oxygen atoms in total. The highest BCUT2D eigenvalue weighted by Gasteiger charge is 2.07. The summed E-state index contributed by atoms with van der Waals surface area (Å²) in [5, 5.41) is 8.37. The first-order valence-electron chi connectivity index (χ1n) is 5.48. The Balaban J connectivity index is 2.34. The molecule has 0 unspecified atom stereocenters. The van der Waals surface area contributed by atoms with Gasteiger partial charge in [-0.25, -0.2) is 0 Å². The van der Waals surface area contributed by atoms with Crippen molar-refractivity contribution in [1.82, 2.24) is 15.2 Å². The van der Waals surface area contributed by atoms with Crippen molar-refractivity contribution in [2.75, 3.05) is 12.9 Å². The zero-order valence-electron chi connectivity index (χ0n) is 10.1. The first-order chi connectivity index (χ1) is 8.74. The molecule has 1 N–H and O–H groups in total. The summed E-state index contributed by atoms with van der Waals surface area (Å²) >= 11 is 1.35. The van der Waals surface area contributed by atoms with E-state index >= 15 is 0 Å². The summed E-state index contributed by atoms with van der Waals surface area (Å²) in [5.41, 5.74) is 0.800. The van der Waals surface area contributed by atoms with Gasteiger partial charge >= 0.3 is 0 Å².